The number of ether oxygens (including phenoxy) is 5. The number of aromatic nitrogens is 5. The van der Waals surface area contributed by atoms with Gasteiger partial charge in [-0.25, -0.2) is 14.6 Å². The predicted molar refractivity (Wildman–Crippen MR) is 149 cm³/mol. The van der Waals surface area contributed by atoms with Crippen molar-refractivity contribution < 1.29 is 33.3 Å². The number of H-pyrrole nitrogens is 2. The van der Waals surface area contributed by atoms with Gasteiger partial charge in [-0.2, -0.15) is 4.98 Å². The first-order valence-corrected chi connectivity index (χ1v) is 13.0. The van der Waals surface area contributed by atoms with Gasteiger partial charge in [0.05, 0.1) is 5.39 Å². The summed E-state index contributed by atoms with van der Waals surface area (Å²) in [6.07, 6.45) is 5.95. The quantitative estimate of drug-likeness (QED) is 0.149. The summed E-state index contributed by atoms with van der Waals surface area (Å²) in [5.74, 6) is 2.57. The second-order valence-corrected chi connectivity index (χ2v) is 9.61. The van der Waals surface area contributed by atoms with E-state index in [4.69, 9.17) is 47.4 Å². The molecule has 4 N–H and O–H groups in total. The molecular weight excluding hydrogens is 588 g/mol. The van der Waals surface area contributed by atoms with E-state index in [-0.39, 0.29) is 41.9 Å². The molecule has 0 saturated carbocycles. The molecule has 0 bridgehead atoms. The first-order chi connectivity index (χ1) is 20.7. The van der Waals surface area contributed by atoms with Crippen molar-refractivity contribution in [1.82, 2.24) is 24.5 Å². The van der Waals surface area contributed by atoms with E-state index in [1.165, 1.54) is 24.5 Å². The van der Waals surface area contributed by atoms with Crippen LogP contribution in [0.3, 0.4) is 0 Å². The molecule has 222 valence electrons. The molecule has 16 heteroatoms. The van der Waals surface area contributed by atoms with Crippen LogP contribution >= 0.6 is 11.6 Å². The standard InChI is InChI=1S/C27H23ClN6O9/c1-2-27(14-41-25(37)39-12-15-3-6-30-19(35)9-15)18(42-26(38)40-13-16-4-7-31-20(36)10-16)11-21(43-27)34-8-5-17-22(29)32-24(28)33-23(17)34/h1,3-10,18,21H,11-14H2,(H,30,35)(H,31,36)(H2,29,32,33)/t18-,21+,27+/m0/s1. The Morgan fingerprint density at radius 3 is 2.35 bits per heavy atom. The maximum atomic E-state index is 12.7. The summed E-state index contributed by atoms with van der Waals surface area (Å²) in [5, 5.41) is 0.384. The van der Waals surface area contributed by atoms with Crippen molar-refractivity contribution in [1.29, 1.82) is 0 Å². The number of rotatable bonds is 8. The van der Waals surface area contributed by atoms with Gasteiger partial charge >= 0.3 is 12.3 Å². The monoisotopic (exact) mass is 610 g/mol. The number of hydrogen-bond acceptors (Lipinski definition) is 12. The number of fused-ring (bicyclic) bond motifs is 1. The van der Waals surface area contributed by atoms with E-state index < -0.39 is 36.9 Å². The molecule has 1 fully saturated rings. The number of pyridine rings is 2. The van der Waals surface area contributed by atoms with Crippen LogP contribution in [0.2, 0.25) is 5.28 Å². The molecule has 4 aromatic rings. The summed E-state index contributed by atoms with van der Waals surface area (Å²) in [5.41, 5.74) is 4.60. The fourth-order valence-corrected chi connectivity index (χ4v) is 4.58. The number of halogens is 1. The number of nitrogens with zero attached hydrogens (tertiary/aromatic N) is 3. The van der Waals surface area contributed by atoms with Gasteiger partial charge in [-0.05, 0) is 40.9 Å². The zero-order chi connectivity index (χ0) is 30.6. The lowest BCUT2D eigenvalue weighted by atomic mass is 9.98. The minimum atomic E-state index is -1.80. The highest BCUT2D eigenvalue weighted by Crippen LogP contribution is 2.41. The lowest BCUT2D eigenvalue weighted by molar-refractivity contribution is -0.106. The molecule has 5 heterocycles. The topological polar surface area (TPSA) is 203 Å². The van der Waals surface area contributed by atoms with Crippen LogP contribution in [-0.4, -0.2) is 55.1 Å². The molecule has 0 aromatic carbocycles. The Morgan fingerprint density at radius 2 is 1.72 bits per heavy atom. The second kappa shape index (κ2) is 12.3. The highest BCUT2D eigenvalue weighted by molar-refractivity contribution is 6.28. The van der Waals surface area contributed by atoms with E-state index in [0.29, 0.717) is 22.2 Å². The number of nitrogens with two attached hydrogens (primary N) is 1. The van der Waals surface area contributed by atoms with Crippen molar-refractivity contribution in [3.63, 3.8) is 0 Å². The fourth-order valence-electron chi connectivity index (χ4n) is 4.41. The van der Waals surface area contributed by atoms with Gasteiger partial charge in [-0.1, -0.05) is 5.92 Å². The van der Waals surface area contributed by atoms with E-state index in [0.717, 1.165) is 0 Å². The van der Waals surface area contributed by atoms with Crippen LogP contribution in [0.4, 0.5) is 15.4 Å². The van der Waals surface area contributed by atoms with E-state index in [1.54, 1.807) is 29.0 Å². The molecule has 4 aromatic heterocycles. The second-order valence-electron chi connectivity index (χ2n) is 9.28. The molecule has 3 atom stereocenters. The van der Waals surface area contributed by atoms with E-state index in [1.807, 2.05) is 0 Å². The third-order valence-electron chi connectivity index (χ3n) is 6.45. The van der Waals surface area contributed by atoms with Crippen LogP contribution in [0, 0.1) is 12.3 Å². The normalized spacial score (nSPS) is 19.4. The third-order valence-corrected chi connectivity index (χ3v) is 6.62. The van der Waals surface area contributed by atoms with E-state index in [9.17, 15) is 19.2 Å². The van der Waals surface area contributed by atoms with Crippen LogP contribution in [0.15, 0.2) is 58.5 Å². The molecule has 0 spiro atoms. The molecule has 1 aliphatic rings. The first-order valence-electron chi connectivity index (χ1n) is 12.6. The van der Waals surface area contributed by atoms with Gasteiger partial charge in [0.1, 0.15) is 37.5 Å². The number of nitrogens with one attached hydrogen (secondary N) is 2. The highest BCUT2D eigenvalue weighted by Gasteiger charge is 2.52. The maximum Gasteiger partial charge on any atom is 0.509 e. The summed E-state index contributed by atoms with van der Waals surface area (Å²) >= 11 is 6.02. The van der Waals surface area contributed by atoms with Crippen molar-refractivity contribution >= 4 is 40.8 Å². The molecule has 43 heavy (non-hydrogen) atoms. The van der Waals surface area contributed by atoms with Crippen LogP contribution in [0.1, 0.15) is 23.8 Å². The average molecular weight is 611 g/mol. The zero-order valence-electron chi connectivity index (χ0n) is 22.2. The molecule has 1 saturated heterocycles. The van der Waals surface area contributed by atoms with Gasteiger partial charge in [0.25, 0.3) is 0 Å². The molecule has 5 rings (SSSR count). The zero-order valence-corrected chi connectivity index (χ0v) is 22.9. The molecule has 1 aliphatic heterocycles. The van der Waals surface area contributed by atoms with Crippen molar-refractivity contribution in [2.45, 2.75) is 37.6 Å². The van der Waals surface area contributed by atoms with Gasteiger partial charge in [0.2, 0.25) is 22.0 Å². The minimum absolute atomic E-state index is 0.0270. The number of carbonyl (C=O) groups excluding carboxylic acids is 2. The first kappa shape index (κ1) is 29.2. The molecule has 15 nitrogen and oxygen atoms in total. The highest BCUT2D eigenvalue weighted by atomic mass is 35.5. The molecule has 0 radical (unpaired) electrons. The van der Waals surface area contributed by atoms with Crippen molar-refractivity contribution in [2.75, 3.05) is 12.3 Å². The van der Waals surface area contributed by atoms with Gasteiger partial charge < -0.3 is 44.0 Å². The number of anilines is 1. The van der Waals surface area contributed by atoms with Crippen LogP contribution in [0.25, 0.3) is 11.0 Å². The summed E-state index contributed by atoms with van der Waals surface area (Å²) < 4.78 is 28.8. The summed E-state index contributed by atoms with van der Waals surface area (Å²) in [6.45, 7) is -1.09. The number of terminal acetylenes is 1. The van der Waals surface area contributed by atoms with Crippen molar-refractivity contribution in [3.8, 4) is 12.3 Å². The van der Waals surface area contributed by atoms with Gasteiger partial charge in [0.15, 0.2) is 6.10 Å². The summed E-state index contributed by atoms with van der Waals surface area (Å²) in [6, 6.07) is 7.26. The largest absolute Gasteiger partial charge is 0.509 e. The Hall–Kier alpha value is -5.33. The van der Waals surface area contributed by atoms with Gasteiger partial charge in [-0.15, -0.1) is 6.42 Å². The lowest BCUT2D eigenvalue weighted by Crippen LogP contribution is -2.45. The van der Waals surface area contributed by atoms with Gasteiger partial charge in [0, 0.05) is 37.1 Å². The number of carbonyl (C=O) groups is 2. The molecule has 0 amide bonds. The Balaban J connectivity index is 1.34. The van der Waals surface area contributed by atoms with Crippen LogP contribution < -0.4 is 16.9 Å². The molecular formula is C27H23ClN6O9. The van der Waals surface area contributed by atoms with Crippen molar-refractivity contribution in [3.05, 3.63) is 86.0 Å². The number of aromatic amines is 2. The van der Waals surface area contributed by atoms with Crippen LogP contribution in [-0.2, 0) is 36.9 Å². The maximum absolute atomic E-state index is 12.7. The fraction of sp³-hybridized carbons (Fsp3) is 0.259. The SMILES string of the molecule is C#C[C@]1(COC(=O)OCc2cc[nH]c(=O)c2)O[C@@H](n2ccc3c(N)nc(Cl)nc32)C[C@@H]1OC(=O)OCc1cc[nH]c(=O)c1. The predicted octanol–water partition coefficient (Wildman–Crippen LogP) is 2.41. The Morgan fingerprint density at radius 1 is 1.07 bits per heavy atom. The smallest absolute Gasteiger partial charge is 0.430 e. The Kier molecular flexibility index (Phi) is 8.32. The van der Waals surface area contributed by atoms with Crippen LogP contribution in [0.5, 0.6) is 0 Å². The van der Waals surface area contributed by atoms with E-state index >= 15 is 0 Å². The minimum Gasteiger partial charge on any atom is -0.430 e. The summed E-state index contributed by atoms with van der Waals surface area (Å²) in [4.78, 5) is 61.2. The number of nitrogen functional groups attached to an aromatic ring is 1. The average Bonchev–Trinajstić information content (AvgIpc) is 3.56. The Labute approximate surface area is 246 Å². The van der Waals surface area contributed by atoms with E-state index in [2.05, 4.69) is 25.9 Å². The Bertz CT molecular complexity index is 1830. The molecule has 0 unspecified atom stereocenters. The summed E-state index contributed by atoms with van der Waals surface area (Å²) in [7, 11) is 0. The number of hydrogen-bond donors (Lipinski definition) is 3. The van der Waals surface area contributed by atoms with Crippen molar-refractivity contribution in [2.24, 2.45) is 0 Å². The molecule has 0 aliphatic carbocycles. The lowest BCUT2D eigenvalue weighted by Gasteiger charge is -2.28. The van der Waals surface area contributed by atoms with Gasteiger partial charge in [-0.3, -0.25) is 9.59 Å². The third kappa shape index (κ3) is 6.61.